The van der Waals surface area contributed by atoms with E-state index in [4.69, 9.17) is 4.74 Å². The van der Waals surface area contributed by atoms with Crippen molar-refractivity contribution in [3.05, 3.63) is 53.6 Å². The lowest BCUT2D eigenvalue weighted by Crippen LogP contribution is -2.39. The predicted octanol–water partition coefficient (Wildman–Crippen LogP) is 3.28. The Morgan fingerprint density at radius 2 is 1.84 bits per heavy atom. The van der Waals surface area contributed by atoms with Crippen LogP contribution in [0.5, 0.6) is 5.75 Å². The summed E-state index contributed by atoms with van der Waals surface area (Å²) in [6.45, 7) is 6.29. The molecule has 0 spiro atoms. The van der Waals surface area contributed by atoms with Crippen molar-refractivity contribution in [2.24, 2.45) is 0 Å². The maximum absolute atomic E-state index is 12.8. The van der Waals surface area contributed by atoms with E-state index < -0.39 is 10.0 Å². The van der Waals surface area contributed by atoms with E-state index in [2.05, 4.69) is 0 Å². The Labute approximate surface area is 183 Å². The fourth-order valence-corrected chi connectivity index (χ4v) is 5.24. The third kappa shape index (κ3) is 4.97. The Balaban J connectivity index is 1.77. The van der Waals surface area contributed by atoms with Crippen LogP contribution in [0.2, 0.25) is 0 Å². The van der Waals surface area contributed by atoms with Gasteiger partial charge in [-0.1, -0.05) is 26.0 Å². The maximum atomic E-state index is 12.8. The SMILES string of the molecule is CCN(CC)S(=O)(=O)c1ccc2c(c1)CCCN2C(=O)COc1cccc(C(C)=O)c1. The molecule has 1 aliphatic rings. The zero-order valence-electron chi connectivity index (χ0n) is 18.1. The minimum atomic E-state index is -3.55. The van der Waals surface area contributed by atoms with E-state index in [0.29, 0.717) is 37.4 Å². The van der Waals surface area contributed by atoms with Gasteiger partial charge in [0.05, 0.1) is 4.90 Å². The summed E-state index contributed by atoms with van der Waals surface area (Å²) in [7, 11) is -3.55. The Bertz CT molecular complexity index is 1080. The van der Waals surface area contributed by atoms with Gasteiger partial charge < -0.3 is 9.64 Å². The zero-order chi connectivity index (χ0) is 22.6. The van der Waals surface area contributed by atoms with Gasteiger partial charge in [-0.05, 0) is 55.7 Å². The summed E-state index contributed by atoms with van der Waals surface area (Å²) in [4.78, 5) is 26.3. The highest BCUT2D eigenvalue weighted by molar-refractivity contribution is 7.89. The molecule has 0 aliphatic carbocycles. The van der Waals surface area contributed by atoms with Crippen LogP contribution in [-0.4, -0.2) is 50.7 Å². The van der Waals surface area contributed by atoms with Gasteiger partial charge in [-0.25, -0.2) is 8.42 Å². The molecule has 0 unspecified atom stereocenters. The van der Waals surface area contributed by atoms with Crippen LogP contribution in [0.15, 0.2) is 47.4 Å². The maximum Gasteiger partial charge on any atom is 0.264 e. The van der Waals surface area contributed by atoms with E-state index >= 15 is 0 Å². The minimum Gasteiger partial charge on any atom is -0.484 e. The fourth-order valence-electron chi connectivity index (χ4n) is 3.73. The minimum absolute atomic E-state index is 0.0720. The molecule has 31 heavy (non-hydrogen) atoms. The number of carbonyl (C=O) groups is 2. The molecule has 0 atom stereocenters. The number of rotatable bonds is 8. The molecule has 2 aromatic rings. The average molecular weight is 445 g/mol. The topological polar surface area (TPSA) is 84.0 Å². The highest BCUT2D eigenvalue weighted by Gasteiger charge is 2.27. The first-order valence-corrected chi connectivity index (χ1v) is 11.9. The van der Waals surface area contributed by atoms with E-state index in [1.54, 1.807) is 47.4 Å². The Morgan fingerprint density at radius 3 is 2.52 bits per heavy atom. The summed E-state index contributed by atoms with van der Waals surface area (Å²) >= 11 is 0. The van der Waals surface area contributed by atoms with Crippen molar-refractivity contribution in [1.29, 1.82) is 0 Å². The number of carbonyl (C=O) groups excluding carboxylic acids is 2. The Hall–Kier alpha value is -2.71. The molecule has 0 bridgehead atoms. The second-order valence-electron chi connectivity index (χ2n) is 7.40. The number of amides is 1. The number of anilines is 1. The standard InChI is InChI=1S/C23H28N2O5S/c1-4-24(5-2)31(28,29)21-11-12-22-19(15-21)9-7-13-25(22)23(27)16-30-20-10-6-8-18(14-20)17(3)26/h6,8,10-12,14-15H,4-5,7,9,13,16H2,1-3H3. The molecule has 166 valence electrons. The van der Waals surface area contributed by atoms with E-state index in [1.165, 1.54) is 11.2 Å². The summed E-state index contributed by atoms with van der Waals surface area (Å²) < 4.78 is 32.7. The van der Waals surface area contributed by atoms with Crippen LogP contribution < -0.4 is 9.64 Å². The molecule has 1 heterocycles. The number of benzene rings is 2. The lowest BCUT2D eigenvalue weighted by Gasteiger charge is -2.30. The molecule has 8 heteroatoms. The van der Waals surface area contributed by atoms with Crippen LogP contribution in [0, 0.1) is 0 Å². The first kappa shape index (κ1) is 23.0. The number of Topliss-reactive ketones (excluding diaryl/α,β-unsaturated/α-hetero) is 1. The number of fused-ring (bicyclic) bond motifs is 1. The van der Waals surface area contributed by atoms with Crippen LogP contribution in [0.25, 0.3) is 0 Å². The smallest absolute Gasteiger partial charge is 0.264 e. The second kappa shape index (κ2) is 9.62. The van der Waals surface area contributed by atoms with Gasteiger partial charge in [0.15, 0.2) is 12.4 Å². The van der Waals surface area contributed by atoms with Gasteiger partial charge in [0.1, 0.15) is 5.75 Å². The van der Waals surface area contributed by atoms with Crippen LogP contribution >= 0.6 is 0 Å². The lowest BCUT2D eigenvalue weighted by molar-refractivity contribution is -0.120. The molecule has 0 saturated heterocycles. The number of ether oxygens (including phenoxy) is 1. The third-order valence-corrected chi connectivity index (χ3v) is 7.46. The van der Waals surface area contributed by atoms with E-state index in [9.17, 15) is 18.0 Å². The van der Waals surface area contributed by atoms with Crippen LogP contribution in [0.4, 0.5) is 5.69 Å². The summed E-state index contributed by atoms with van der Waals surface area (Å²) in [5.74, 6) is 0.171. The van der Waals surface area contributed by atoms with Gasteiger partial charge in [-0.2, -0.15) is 4.31 Å². The van der Waals surface area contributed by atoms with Crippen molar-refractivity contribution < 1.29 is 22.7 Å². The molecule has 0 N–H and O–H groups in total. The van der Waals surface area contributed by atoms with Crippen LogP contribution in [0.3, 0.4) is 0 Å². The van der Waals surface area contributed by atoms with Crippen molar-refractivity contribution in [3.63, 3.8) is 0 Å². The van der Waals surface area contributed by atoms with Gasteiger partial charge in [0.25, 0.3) is 5.91 Å². The Kier molecular flexibility index (Phi) is 7.12. The highest BCUT2D eigenvalue weighted by Crippen LogP contribution is 2.30. The number of hydrogen-bond donors (Lipinski definition) is 0. The quantitative estimate of drug-likeness (QED) is 0.584. The summed E-state index contributed by atoms with van der Waals surface area (Å²) in [5.41, 5.74) is 2.08. The Morgan fingerprint density at radius 1 is 1.10 bits per heavy atom. The molecule has 0 saturated carbocycles. The number of nitrogens with zero attached hydrogens (tertiary/aromatic N) is 2. The number of ketones is 1. The highest BCUT2D eigenvalue weighted by atomic mass is 32.2. The van der Waals surface area contributed by atoms with Crippen molar-refractivity contribution in [1.82, 2.24) is 4.31 Å². The largest absolute Gasteiger partial charge is 0.484 e. The number of sulfonamides is 1. The first-order chi connectivity index (χ1) is 14.8. The van der Waals surface area contributed by atoms with E-state index in [0.717, 1.165) is 17.7 Å². The van der Waals surface area contributed by atoms with Crippen molar-refractivity contribution >= 4 is 27.4 Å². The molecule has 0 fully saturated rings. The summed E-state index contributed by atoms with van der Waals surface area (Å²) in [6, 6.07) is 11.7. The van der Waals surface area contributed by atoms with Gasteiger partial charge >= 0.3 is 0 Å². The van der Waals surface area contributed by atoms with E-state index in [1.807, 2.05) is 13.8 Å². The molecule has 3 rings (SSSR count). The van der Waals surface area contributed by atoms with Crippen molar-refractivity contribution in [2.45, 2.75) is 38.5 Å². The van der Waals surface area contributed by atoms with Gasteiger partial charge in [0.2, 0.25) is 10.0 Å². The summed E-state index contributed by atoms with van der Waals surface area (Å²) in [5, 5.41) is 0. The van der Waals surface area contributed by atoms with Crippen molar-refractivity contribution in [3.8, 4) is 5.75 Å². The molecule has 1 amide bonds. The monoisotopic (exact) mass is 444 g/mol. The fraction of sp³-hybridized carbons (Fsp3) is 0.391. The van der Waals surface area contributed by atoms with Crippen LogP contribution in [0.1, 0.15) is 43.1 Å². The van der Waals surface area contributed by atoms with Crippen LogP contribution in [-0.2, 0) is 21.2 Å². The molecular weight excluding hydrogens is 416 g/mol. The van der Waals surface area contributed by atoms with Gasteiger partial charge in [-0.3, -0.25) is 9.59 Å². The van der Waals surface area contributed by atoms with Gasteiger partial charge in [0, 0.05) is 30.9 Å². The average Bonchev–Trinajstić information content (AvgIpc) is 2.77. The second-order valence-corrected chi connectivity index (χ2v) is 9.34. The normalized spacial score (nSPS) is 13.7. The molecule has 2 aromatic carbocycles. The zero-order valence-corrected chi connectivity index (χ0v) is 18.9. The molecule has 0 radical (unpaired) electrons. The number of aryl methyl sites for hydroxylation is 1. The van der Waals surface area contributed by atoms with Crippen molar-refractivity contribution in [2.75, 3.05) is 31.1 Å². The molecule has 7 nitrogen and oxygen atoms in total. The third-order valence-electron chi connectivity index (χ3n) is 5.42. The van der Waals surface area contributed by atoms with Gasteiger partial charge in [-0.15, -0.1) is 0 Å². The summed E-state index contributed by atoms with van der Waals surface area (Å²) in [6.07, 6.45) is 1.45. The van der Waals surface area contributed by atoms with E-state index in [-0.39, 0.29) is 23.2 Å². The number of hydrogen-bond acceptors (Lipinski definition) is 5. The predicted molar refractivity (Wildman–Crippen MR) is 119 cm³/mol. The first-order valence-electron chi connectivity index (χ1n) is 10.4. The lowest BCUT2D eigenvalue weighted by atomic mass is 10.0. The molecule has 1 aliphatic heterocycles. The molecular formula is C23H28N2O5S. The molecule has 0 aromatic heterocycles.